The standard InChI is InChI=1S/C17H20F3N5O3/c1-3-4-9-24-13-12(10-22-23(2)15(13)26)25(28-16(27)17(18,19)20)14(24)11-5-7-21-8-6-11/h10-11,14,21H,5-9H2,1-2H3. The molecule has 0 spiro atoms. The molecule has 8 nitrogen and oxygen atoms in total. The number of piperidine rings is 1. The third kappa shape index (κ3) is 3.64. The molecule has 1 saturated heterocycles. The topological polar surface area (TPSA) is 79.7 Å². The second-order valence-electron chi connectivity index (χ2n) is 6.57. The van der Waals surface area contributed by atoms with Crippen molar-refractivity contribution in [3.63, 3.8) is 0 Å². The van der Waals surface area contributed by atoms with E-state index in [0.29, 0.717) is 25.9 Å². The third-order valence-corrected chi connectivity index (χ3v) is 4.82. The van der Waals surface area contributed by atoms with Gasteiger partial charge < -0.3 is 15.1 Å². The predicted octanol–water partition coefficient (Wildman–Crippen LogP) is 0.776. The van der Waals surface area contributed by atoms with Crippen LogP contribution in [0.15, 0.2) is 11.0 Å². The fourth-order valence-electron chi connectivity index (χ4n) is 3.52. The summed E-state index contributed by atoms with van der Waals surface area (Å²) in [4.78, 5) is 30.6. The van der Waals surface area contributed by atoms with Crippen LogP contribution in [0.25, 0.3) is 0 Å². The molecule has 1 aromatic heterocycles. The molecule has 2 aliphatic rings. The molecule has 1 atom stereocenters. The number of nitrogens with one attached hydrogen (secondary N) is 1. The summed E-state index contributed by atoms with van der Waals surface area (Å²) in [5.41, 5.74) is -0.346. The van der Waals surface area contributed by atoms with E-state index >= 15 is 0 Å². The Kier molecular flexibility index (Phi) is 5.51. The lowest BCUT2D eigenvalue weighted by molar-refractivity contribution is -0.202. The minimum atomic E-state index is -5.16. The van der Waals surface area contributed by atoms with Gasteiger partial charge in [0.15, 0.2) is 0 Å². The number of hydrogen-bond donors (Lipinski definition) is 1. The smallest absolute Gasteiger partial charge is 0.330 e. The van der Waals surface area contributed by atoms with E-state index in [0.717, 1.165) is 9.75 Å². The van der Waals surface area contributed by atoms with Gasteiger partial charge in [0.05, 0.1) is 12.7 Å². The highest BCUT2D eigenvalue weighted by Gasteiger charge is 2.49. The van der Waals surface area contributed by atoms with Crippen LogP contribution < -0.4 is 20.8 Å². The van der Waals surface area contributed by atoms with Crippen molar-refractivity contribution >= 4 is 17.3 Å². The van der Waals surface area contributed by atoms with Gasteiger partial charge in [-0.2, -0.15) is 23.3 Å². The number of carbonyl (C=O) groups excluding carboxylic acids is 1. The van der Waals surface area contributed by atoms with Gasteiger partial charge in [0.2, 0.25) is 0 Å². The normalized spacial score (nSPS) is 19.8. The summed E-state index contributed by atoms with van der Waals surface area (Å²) >= 11 is 0. The minimum Gasteiger partial charge on any atom is -0.330 e. The molecule has 0 aromatic carbocycles. The Labute approximate surface area is 159 Å². The van der Waals surface area contributed by atoms with Gasteiger partial charge in [-0.05, 0) is 32.9 Å². The average Bonchev–Trinajstić information content (AvgIpc) is 2.96. The van der Waals surface area contributed by atoms with Crippen LogP contribution in [-0.2, 0) is 16.7 Å². The van der Waals surface area contributed by atoms with Crippen LogP contribution in [0, 0.1) is 17.8 Å². The van der Waals surface area contributed by atoms with E-state index in [1.54, 1.807) is 11.8 Å². The Hall–Kier alpha value is -2.74. The fourth-order valence-corrected chi connectivity index (χ4v) is 3.52. The van der Waals surface area contributed by atoms with Gasteiger partial charge in [-0.3, -0.25) is 4.79 Å². The molecule has 11 heteroatoms. The average molecular weight is 399 g/mol. The first kappa shape index (κ1) is 20.0. The molecule has 28 heavy (non-hydrogen) atoms. The molecule has 1 aromatic rings. The van der Waals surface area contributed by atoms with E-state index in [9.17, 15) is 22.8 Å². The van der Waals surface area contributed by atoms with E-state index in [-0.39, 0.29) is 23.8 Å². The Bertz CT molecular complexity index is 868. The maximum atomic E-state index is 12.9. The van der Waals surface area contributed by atoms with E-state index in [2.05, 4.69) is 22.3 Å². The van der Waals surface area contributed by atoms with Crippen molar-refractivity contribution < 1.29 is 22.8 Å². The van der Waals surface area contributed by atoms with Crippen LogP contribution in [0.2, 0.25) is 0 Å². The highest BCUT2D eigenvalue weighted by atomic mass is 19.4. The van der Waals surface area contributed by atoms with Crippen molar-refractivity contribution in [2.24, 2.45) is 13.0 Å². The Morgan fingerprint density at radius 2 is 2.07 bits per heavy atom. The summed E-state index contributed by atoms with van der Waals surface area (Å²) < 4.78 is 39.7. The molecule has 0 amide bonds. The number of halogens is 3. The molecule has 1 N–H and O–H groups in total. The van der Waals surface area contributed by atoms with Crippen molar-refractivity contribution in [1.29, 1.82) is 0 Å². The number of aryl methyl sites for hydroxylation is 1. The number of anilines is 2. The molecular weight excluding hydrogens is 379 g/mol. The largest absolute Gasteiger partial charge is 0.493 e. The SMILES string of the molecule is CC#CCN1c2c(cnn(C)c2=O)N(OC(=O)C(F)(F)F)C1C1CCNCC1. The predicted molar refractivity (Wildman–Crippen MR) is 94.3 cm³/mol. The molecule has 0 radical (unpaired) electrons. The number of carbonyl (C=O) groups is 1. The van der Waals surface area contributed by atoms with Crippen LogP contribution in [0.3, 0.4) is 0 Å². The second-order valence-corrected chi connectivity index (χ2v) is 6.57. The third-order valence-electron chi connectivity index (χ3n) is 4.82. The minimum absolute atomic E-state index is 0.0298. The zero-order valence-electron chi connectivity index (χ0n) is 15.4. The van der Waals surface area contributed by atoms with Crippen LogP contribution in [0.4, 0.5) is 24.5 Å². The first-order valence-electron chi connectivity index (χ1n) is 8.77. The summed E-state index contributed by atoms with van der Waals surface area (Å²) in [7, 11) is 1.44. The Morgan fingerprint density at radius 3 is 2.68 bits per heavy atom. The zero-order chi connectivity index (χ0) is 20.5. The van der Waals surface area contributed by atoms with E-state index < -0.39 is 23.9 Å². The molecule has 3 rings (SSSR count). The second kappa shape index (κ2) is 7.71. The summed E-state index contributed by atoms with van der Waals surface area (Å²) in [6.45, 7) is 3.07. The van der Waals surface area contributed by atoms with Crippen molar-refractivity contribution in [2.75, 3.05) is 29.6 Å². The molecule has 2 aliphatic heterocycles. The molecule has 152 valence electrons. The van der Waals surface area contributed by atoms with Gasteiger partial charge in [-0.15, -0.1) is 5.92 Å². The molecule has 0 bridgehead atoms. The summed E-state index contributed by atoms with van der Waals surface area (Å²) in [6.07, 6.45) is -3.43. The first-order valence-corrected chi connectivity index (χ1v) is 8.77. The number of rotatable bonds is 3. The highest BCUT2D eigenvalue weighted by Crippen LogP contribution is 2.41. The monoisotopic (exact) mass is 399 g/mol. The number of nitrogens with zero attached hydrogens (tertiary/aromatic N) is 4. The van der Waals surface area contributed by atoms with Crippen molar-refractivity contribution in [3.05, 3.63) is 16.6 Å². The summed E-state index contributed by atoms with van der Waals surface area (Å²) in [5, 5.41) is 7.95. The number of alkyl halides is 3. The van der Waals surface area contributed by atoms with Crippen molar-refractivity contribution in [2.45, 2.75) is 32.1 Å². The van der Waals surface area contributed by atoms with Gasteiger partial charge in [0.25, 0.3) is 5.56 Å². The van der Waals surface area contributed by atoms with Crippen LogP contribution in [-0.4, -0.2) is 47.7 Å². The molecular formula is C17H20F3N5O3. The van der Waals surface area contributed by atoms with Crippen molar-refractivity contribution in [3.8, 4) is 11.8 Å². The lowest BCUT2D eigenvalue weighted by Crippen LogP contribution is -2.53. The lowest BCUT2D eigenvalue weighted by atomic mass is 9.94. The Balaban J connectivity index is 2.10. The van der Waals surface area contributed by atoms with E-state index in [1.807, 2.05) is 0 Å². The maximum Gasteiger partial charge on any atom is 0.493 e. The van der Waals surface area contributed by atoms with Gasteiger partial charge >= 0.3 is 12.1 Å². The molecule has 0 aliphatic carbocycles. The zero-order valence-corrected chi connectivity index (χ0v) is 15.4. The number of fused-ring (bicyclic) bond motifs is 1. The summed E-state index contributed by atoms with van der Waals surface area (Å²) in [6, 6.07) is 0. The fraction of sp³-hybridized carbons (Fsp3) is 0.588. The number of aromatic nitrogens is 2. The maximum absolute atomic E-state index is 12.9. The van der Waals surface area contributed by atoms with Gasteiger partial charge in [-0.1, -0.05) is 5.92 Å². The number of hydrogen-bond acceptors (Lipinski definition) is 7. The van der Waals surface area contributed by atoms with E-state index in [4.69, 9.17) is 4.84 Å². The van der Waals surface area contributed by atoms with Crippen LogP contribution in [0.5, 0.6) is 0 Å². The summed E-state index contributed by atoms with van der Waals surface area (Å²) in [5.74, 6) is 3.09. The lowest BCUT2D eigenvalue weighted by Gasteiger charge is -2.38. The van der Waals surface area contributed by atoms with Crippen LogP contribution >= 0.6 is 0 Å². The van der Waals surface area contributed by atoms with Crippen molar-refractivity contribution in [1.82, 2.24) is 15.1 Å². The first-order chi connectivity index (χ1) is 13.3. The molecule has 1 fully saturated rings. The quantitative estimate of drug-likeness (QED) is 0.753. The highest BCUT2D eigenvalue weighted by molar-refractivity contribution is 5.81. The Morgan fingerprint density at radius 1 is 1.39 bits per heavy atom. The van der Waals surface area contributed by atoms with Crippen LogP contribution in [0.1, 0.15) is 19.8 Å². The van der Waals surface area contributed by atoms with Gasteiger partial charge in [0, 0.05) is 13.0 Å². The number of hydroxylamine groups is 1. The van der Waals surface area contributed by atoms with Gasteiger partial charge in [0.1, 0.15) is 17.5 Å². The van der Waals surface area contributed by atoms with E-state index in [1.165, 1.54) is 13.2 Å². The molecule has 3 heterocycles. The van der Waals surface area contributed by atoms with Gasteiger partial charge in [-0.25, -0.2) is 9.48 Å². The molecule has 1 unspecified atom stereocenters. The molecule has 0 saturated carbocycles.